The van der Waals surface area contributed by atoms with Gasteiger partial charge in [0.1, 0.15) is 30.2 Å². The quantitative estimate of drug-likeness (QED) is 0.568. The monoisotopic (exact) mass is 396 g/mol. The predicted molar refractivity (Wildman–Crippen MR) is 94.1 cm³/mol. The lowest BCUT2D eigenvalue weighted by atomic mass is 9.99. The van der Waals surface area contributed by atoms with Crippen molar-refractivity contribution in [3.05, 3.63) is 40.1 Å². The number of hydrogen-bond donors (Lipinski definition) is 4. The second-order valence-electron chi connectivity index (χ2n) is 6.39. The first-order chi connectivity index (χ1) is 13.1. The lowest BCUT2D eigenvalue weighted by molar-refractivity contribution is -0.277. The first-order valence-electron chi connectivity index (χ1n) is 8.49. The zero-order chi connectivity index (χ0) is 19.0. The standard InChI is InChI=1S/C18H20O8S/c19-7-13-15(20)16(21)17(22)18(26-13)25-11-3-4-27-14(11)6-9-1-2-10-12(5-9)24-8-23-10/h1-5,13,15-22H,6-8H2. The van der Waals surface area contributed by atoms with Crippen LogP contribution in [0.1, 0.15) is 10.4 Å². The maximum absolute atomic E-state index is 10.1. The largest absolute Gasteiger partial charge is 0.461 e. The molecular weight excluding hydrogens is 376 g/mol. The SMILES string of the molecule is OCC1OC(Oc2ccsc2Cc2ccc3c(c2)OCO3)C(O)C(O)C1O. The van der Waals surface area contributed by atoms with E-state index in [1.807, 2.05) is 23.6 Å². The summed E-state index contributed by atoms with van der Waals surface area (Å²) in [6.45, 7) is -0.290. The van der Waals surface area contributed by atoms with Crippen molar-refractivity contribution < 1.29 is 39.4 Å². The minimum absolute atomic E-state index is 0.212. The summed E-state index contributed by atoms with van der Waals surface area (Å²) < 4.78 is 21.9. The van der Waals surface area contributed by atoms with E-state index in [9.17, 15) is 20.4 Å². The molecule has 0 bridgehead atoms. The van der Waals surface area contributed by atoms with Crippen LogP contribution in [0.3, 0.4) is 0 Å². The number of aliphatic hydroxyl groups excluding tert-OH is 4. The van der Waals surface area contributed by atoms with Crippen LogP contribution in [0.2, 0.25) is 0 Å². The normalized spacial score (nSPS) is 29.7. The summed E-state index contributed by atoms with van der Waals surface area (Å²) >= 11 is 1.48. The van der Waals surface area contributed by atoms with E-state index < -0.39 is 37.3 Å². The van der Waals surface area contributed by atoms with Crippen molar-refractivity contribution in [2.75, 3.05) is 13.4 Å². The number of aliphatic hydroxyl groups is 4. The van der Waals surface area contributed by atoms with Crippen molar-refractivity contribution in [2.24, 2.45) is 0 Å². The van der Waals surface area contributed by atoms with Crippen molar-refractivity contribution in [1.82, 2.24) is 0 Å². The molecule has 1 fully saturated rings. The maximum atomic E-state index is 10.1. The number of fused-ring (bicyclic) bond motifs is 1. The van der Waals surface area contributed by atoms with Crippen molar-refractivity contribution in [3.63, 3.8) is 0 Å². The Morgan fingerprint density at radius 1 is 1.04 bits per heavy atom. The van der Waals surface area contributed by atoms with E-state index >= 15 is 0 Å². The van der Waals surface area contributed by atoms with Crippen LogP contribution >= 0.6 is 11.3 Å². The zero-order valence-corrected chi connectivity index (χ0v) is 15.0. The molecule has 2 aliphatic rings. The summed E-state index contributed by atoms with van der Waals surface area (Å²) in [5.41, 5.74) is 1.00. The molecule has 0 radical (unpaired) electrons. The van der Waals surface area contributed by atoms with E-state index in [0.29, 0.717) is 23.7 Å². The van der Waals surface area contributed by atoms with Crippen LogP contribution in [0.5, 0.6) is 17.2 Å². The van der Waals surface area contributed by atoms with Crippen molar-refractivity contribution in [3.8, 4) is 17.2 Å². The molecule has 2 aliphatic heterocycles. The molecule has 9 heteroatoms. The van der Waals surface area contributed by atoms with Crippen LogP contribution in [-0.4, -0.2) is 64.5 Å². The van der Waals surface area contributed by atoms with Gasteiger partial charge in [-0.3, -0.25) is 0 Å². The number of hydrogen-bond acceptors (Lipinski definition) is 9. The Hall–Kier alpha value is -1.88. The van der Waals surface area contributed by atoms with Gasteiger partial charge in [-0.15, -0.1) is 11.3 Å². The first-order valence-corrected chi connectivity index (χ1v) is 9.37. The molecule has 1 aromatic carbocycles. The molecule has 0 aliphatic carbocycles. The van der Waals surface area contributed by atoms with E-state index in [2.05, 4.69) is 0 Å². The molecule has 0 saturated carbocycles. The summed E-state index contributed by atoms with van der Waals surface area (Å²) in [6, 6.07) is 7.43. The average Bonchev–Trinajstić information content (AvgIpc) is 3.31. The molecule has 5 unspecified atom stereocenters. The lowest BCUT2D eigenvalue weighted by Crippen LogP contribution is -2.60. The van der Waals surface area contributed by atoms with Gasteiger partial charge >= 0.3 is 0 Å². The Bertz CT molecular complexity index is 791. The molecule has 0 spiro atoms. The molecule has 5 atom stereocenters. The highest BCUT2D eigenvalue weighted by atomic mass is 32.1. The Morgan fingerprint density at radius 2 is 1.85 bits per heavy atom. The van der Waals surface area contributed by atoms with Crippen LogP contribution in [0.25, 0.3) is 0 Å². The summed E-state index contributed by atoms with van der Waals surface area (Å²) in [5.74, 6) is 1.91. The van der Waals surface area contributed by atoms with Gasteiger partial charge in [-0.2, -0.15) is 0 Å². The number of benzene rings is 1. The number of ether oxygens (including phenoxy) is 4. The fourth-order valence-electron chi connectivity index (χ4n) is 3.09. The molecule has 8 nitrogen and oxygen atoms in total. The van der Waals surface area contributed by atoms with Crippen LogP contribution in [-0.2, 0) is 11.2 Å². The minimum Gasteiger partial charge on any atom is -0.461 e. The highest BCUT2D eigenvalue weighted by Gasteiger charge is 2.44. The average molecular weight is 396 g/mol. The van der Waals surface area contributed by atoms with E-state index in [0.717, 1.165) is 10.4 Å². The fourth-order valence-corrected chi connectivity index (χ4v) is 3.93. The van der Waals surface area contributed by atoms with Gasteiger partial charge in [-0.05, 0) is 29.1 Å². The summed E-state index contributed by atoms with van der Waals surface area (Å²) in [4.78, 5) is 0.894. The smallest absolute Gasteiger partial charge is 0.231 e. The Morgan fingerprint density at radius 3 is 2.67 bits per heavy atom. The zero-order valence-electron chi connectivity index (χ0n) is 14.2. The van der Waals surface area contributed by atoms with Crippen LogP contribution < -0.4 is 14.2 Å². The minimum atomic E-state index is -1.48. The topological polar surface area (TPSA) is 118 Å². The molecule has 4 N–H and O–H groups in total. The van der Waals surface area contributed by atoms with Gasteiger partial charge in [0.25, 0.3) is 0 Å². The summed E-state index contributed by atoms with van der Waals surface area (Å²) in [5, 5.41) is 41.0. The molecule has 0 amide bonds. The highest BCUT2D eigenvalue weighted by molar-refractivity contribution is 7.10. The number of thiophene rings is 1. The van der Waals surface area contributed by atoms with Crippen molar-refractivity contribution in [2.45, 2.75) is 37.1 Å². The maximum Gasteiger partial charge on any atom is 0.231 e. The van der Waals surface area contributed by atoms with Crippen molar-refractivity contribution >= 4 is 11.3 Å². The van der Waals surface area contributed by atoms with Crippen LogP contribution in [0.15, 0.2) is 29.6 Å². The molecule has 1 aromatic heterocycles. The summed E-state index contributed by atoms with van der Waals surface area (Å²) in [6.07, 6.45) is -5.98. The lowest BCUT2D eigenvalue weighted by Gasteiger charge is -2.39. The van der Waals surface area contributed by atoms with E-state index in [1.54, 1.807) is 6.07 Å². The Kier molecular flexibility index (Phi) is 5.22. The molecule has 2 aromatic rings. The molecule has 4 rings (SSSR count). The molecule has 3 heterocycles. The van der Waals surface area contributed by atoms with Gasteiger partial charge in [0.2, 0.25) is 13.1 Å². The Balaban J connectivity index is 1.49. The predicted octanol–water partition coefficient (Wildman–Crippen LogP) is 0.246. The first kappa shape index (κ1) is 18.5. The third kappa shape index (κ3) is 3.62. The van der Waals surface area contributed by atoms with Gasteiger partial charge in [-0.25, -0.2) is 0 Å². The van der Waals surface area contributed by atoms with Gasteiger partial charge in [-0.1, -0.05) is 6.07 Å². The Labute approximate surface area is 159 Å². The van der Waals surface area contributed by atoms with Gasteiger partial charge in [0.05, 0.1) is 11.5 Å². The highest BCUT2D eigenvalue weighted by Crippen LogP contribution is 2.35. The van der Waals surface area contributed by atoms with Crippen LogP contribution in [0, 0.1) is 0 Å². The second kappa shape index (κ2) is 7.63. The third-order valence-corrected chi connectivity index (χ3v) is 5.50. The fraction of sp³-hybridized carbons (Fsp3) is 0.444. The molecule has 1 saturated heterocycles. The molecular formula is C18H20O8S. The third-order valence-electron chi connectivity index (χ3n) is 4.60. The number of rotatable bonds is 5. The van der Waals surface area contributed by atoms with Gasteiger partial charge in [0.15, 0.2) is 11.5 Å². The molecule has 27 heavy (non-hydrogen) atoms. The van der Waals surface area contributed by atoms with Gasteiger partial charge in [0, 0.05) is 6.42 Å². The van der Waals surface area contributed by atoms with Crippen LogP contribution in [0.4, 0.5) is 0 Å². The van der Waals surface area contributed by atoms with Gasteiger partial charge < -0.3 is 39.4 Å². The van der Waals surface area contributed by atoms with Crippen molar-refractivity contribution in [1.29, 1.82) is 0 Å². The van der Waals surface area contributed by atoms with E-state index in [-0.39, 0.29) is 6.79 Å². The summed E-state index contributed by atoms with van der Waals surface area (Å²) in [7, 11) is 0. The molecule has 146 valence electrons. The van der Waals surface area contributed by atoms with E-state index in [1.165, 1.54) is 11.3 Å². The second-order valence-corrected chi connectivity index (χ2v) is 7.39. The van der Waals surface area contributed by atoms with E-state index in [4.69, 9.17) is 18.9 Å².